The molecule has 2 aliphatic carbocycles. The predicted molar refractivity (Wildman–Crippen MR) is 109 cm³/mol. The molecule has 7 nitrogen and oxygen atoms in total. The Morgan fingerprint density at radius 2 is 1.90 bits per heavy atom. The predicted octanol–water partition coefficient (Wildman–Crippen LogP) is 3.39. The average molecular weight is 419 g/mol. The molecule has 0 aromatic carbocycles. The number of ether oxygens (including phenoxy) is 2. The fourth-order valence-corrected chi connectivity index (χ4v) is 5.52. The minimum Gasteiger partial charge on any atom is -0.461 e. The van der Waals surface area contributed by atoms with Gasteiger partial charge in [-0.05, 0) is 63.9 Å². The van der Waals surface area contributed by atoms with Crippen molar-refractivity contribution in [1.29, 1.82) is 0 Å². The number of rotatable bonds is 5. The maximum absolute atomic E-state index is 13.3. The molecule has 0 atom stereocenters. The van der Waals surface area contributed by atoms with Crippen LogP contribution in [-0.2, 0) is 33.7 Å². The normalized spacial score (nSPS) is 17.1. The van der Waals surface area contributed by atoms with Gasteiger partial charge in [0.25, 0.3) is 5.56 Å². The van der Waals surface area contributed by atoms with E-state index in [1.54, 1.807) is 6.92 Å². The van der Waals surface area contributed by atoms with Crippen molar-refractivity contribution in [3.05, 3.63) is 26.6 Å². The Morgan fingerprint density at radius 1 is 1.14 bits per heavy atom. The molecule has 0 amide bonds. The molecule has 0 N–H and O–H groups in total. The van der Waals surface area contributed by atoms with E-state index in [9.17, 15) is 14.4 Å². The van der Waals surface area contributed by atoms with Crippen LogP contribution in [0.4, 0.5) is 0 Å². The molecule has 0 saturated heterocycles. The van der Waals surface area contributed by atoms with Crippen molar-refractivity contribution >= 4 is 33.5 Å². The first-order valence-electron chi connectivity index (χ1n) is 10.5. The van der Waals surface area contributed by atoms with Crippen LogP contribution in [-0.4, -0.2) is 34.2 Å². The quantitative estimate of drug-likeness (QED) is 0.692. The van der Waals surface area contributed by atoms with Gasteiger partial charge in [0.15, 0.2) is 0 Å². The van der Waals surface area contributed by atoms with Crippen LogP contribution < -0.4 is 5.56 Å². The van der Waals surface area contributed by atoms with E-state index in [0.717, 1.165) is 72.8 Å². The Balaban J connectivity index is 1.72. The summed E-state index contributed by atoms with van der Waals surface area (Å²) in [6.45, 7) is 1.54. The van der Waals surface area contributed by atoms with Crippen LogP contribution >= 0.6 is 11.3 Å². The highest BCUT2D eigenvalue weighted by Crippen LogP contribution is 2.33. The van der Waals surface area contributed by atoms with Gasteiger partial charge in [0.2, 0.25) is 5.82 Å². The van der Waals surface area contributed by atoms with E-state index < -0.39 is 11.9 Å². The molecule has 29 heavy (non-hydrogen) atoms. The van der Waals surface area contributed by atoms with E-state index >= 15 is 0 Å². The molecule has 0 spiro atoms. The highest BCUT2D eigenvalue weighted by Gasteiger charge is 2.27. The molecule has 1 fully saturated rings. The van der Waals surface area contributed by atoms with Gasteiger partial charge in [-0.3, -0.25) is 14.2 Å². The highest BCUT2D eigenvalue weighted by atomic mass is 32.1. The lowest BCUT2D eigenvalue weighted by Crippen LogP contribution is -2.33. The Morgan fingerprint density at radius 3 is 2.66 bits per heavy atom. The van der Waals surface area contributed by atoms with Crippen LogP contribution in [0.3, 0.4) is 0 Å². The molecule has 8 heteroatoms. The van der Waals surface area contributed by atoms with E-state index in [1.165, 1.54) is 11.3 Å². The minimum absolute atomic E-state index is 0.108. The summed E-state index contributed by atoms with van der Waals surface area (Å²) in [6.07, 6.45) is 8.70. The summed E-state index contributed by atoms with van der Waals surface area (Å²) in [5.74, 6) is -1.32. The topological polar surface area (TPSA) is 87.5 Å². The Bertz CT molecular complexity index is 987. The summed E-state index contributed by atoms with van der Waals surface area (Å²) in [4.78, 5) is 44.6. The number of nitrogens with zero attached hydrogens (tertiary/aromatic N) is 2. The summed E-state index contributed by atoms with van der Waals surface area (Å²) < 4.78 is 11.8. The molecule has 2 aliphatic rings. The lowest BCUT2D eigenvalue weighted by molar-refractivity contribution is -0.151. The molecule has 2 aromatic heterocycles. The summed E-state index contributed by atoms with van der Waals surface area (Å²) in [7, 11) is 0. The number of hydrogen-bond acceptors (Lipinski definition) is 7. The molecule has 156 valence electrons. The van der Waals surface area contributed by atoms with Crippen molar-refractivity contribution < 1.29 is 19.1 Å². The van der Waals surface area contributed by atoms with Gasteiger partial charge in [-0.2, -0.15) is 0 Å². The molecular weight excluding hydrogens is 392 g/mol. The van der Waals surface area contributed by atoms with Gasteiger partial charge >= 0.3 is 11.9 Å². The van der Waals surface area contributed by atoms with Crippen molar-refractivity contribution in [2.75, 3.05) is 6.61 Å². The fraction of sp³-hybridized carbons (Fsp3) is 0.619. The van der Waals surface area contributed by atoms with Crippen molar-refractivity contribution in [2.24, 2.45) is 0 Å². The third-order valence-electron chi connectivity index (χ3n) is 5.67. The molecule has 0 aliphatic heterocycles. The van der Waals surface area contributed by atoms with Crippen LogP contribution in [0, 0.1) is 0 Å². The van der Waals surface area contributed by atoms with Crippen LogP contribution in [0.15, 0.2) is 4.79 Å². The Labute approximate surface area is 173 Å². The first-order chi connectivity index (χ1) is 14.1. The van der Waals surface area contributed by atoms with Crippen LogP contribution in [0.2, 0.25) is 0 Å². The molecule has 2 heterocycles. The third-order valence-corrected chi connectivity index (χ3v) is 6.86. The Kier molecular flexibility index (Phi) is 5.99. The summed E-state index contributed by atoms with van der Waals surface area (Å²) in [5.41, 5.74) is 0.677. The summed E-state index contributed by atoms with van der Waals surface area (Å²) in [5, 5.41) is 0.545. The number of carbonyl (C=O) groups is 2. The SMILES string of the molecule is CCOC(=O)c1nc2sc3c(c2c(=O)n1CC(=O)OC1CCCCC1)CCCC3. The molecular formula is C21H26N2O5S. The van der Waals surface area contributed by atoms with E-state index in [-0.39, 0.29) is 30.6 Å². The van der Waals surface area contributed by atoms with E-state index in [1.807, 2.05) is 0 Å². The zero-order chi connectivity index (χ0) is 20.4. The Hall–Kier alpha value is -2.22. The highest BCUT2D eigenvalue weighted by molar-refractivity contribution is 7.18. The second-order valence-electron chi connectivity index (χ2n) is 7.69. The molecule has 4 rings (SSSR count). The van der Waals surface area contributed by atoms with Crippen LogP contribution in [0.1, 0.15) is 72.9 Å². The standard InChI is InChI=1S/C21H26N2O5S/c1-2-27-21(26)18-22-19-17(14-10-6-7-11-15(14)29-19)20(25)23(18)12-16(24)28-13-8-4-3-5-9-13/h13H,2-12H2,1H3. The van der Waals surface area contributed by atoms with Gasteiger partial charge in [0.1, 0.15) is 17.5 Å². The van der Waals surface area contributed by atoms with Crippen molar-refractivity contribution in [2.45, 2.75) is 77.4 Å². The second-order valence-corrected chi connectivity index (χ2v) is 8.77. The van der Waals surface area contributed by atoms with Crippen molar-refractivity contribution in [1.82, 2.24) is 9.55 Å². The number of fused-ring (bicyclic) bond motifs is 3. The fourth-order valence-electron chi connectivity index (χ4n) is 4.27. The van der Waals surface area contributed by atoms with Gasteiger partial charge in [0.05, 0.1) is 12.0 Å². The van der Waals surface area contributed by atoms with E-state index in [0.29, 0.717) is 10.2 Å². The third kappa shape index (κ3) is 4.08. The minimum atomic E-state index is -0.691. The molecule has 1 saturated carbocycles. The lowest BCUT2D eigenvalue weighted by atomic mass is 9.97. The summed E-state index contributed by atoms with van der Waals surface area (Å²) >= 11 is 1.47. The smallest absolute Gasteiger partial charge is 0.374 e. The lowest BCUT2D eigenvalue weighted by Gasteiger charge is -2.22. The van der Waals surface area contributed by atoms with E-state index in [4.69, 9.17) is 9.47 Å². The van der Waals surface area contributed by atoms with Gasteiger partial charge in [-0.25, -0.2) is 9.78 Å². The number of thiophene rings is 1. The van der Waals surface area contributed by atoms with Gasteiger partial charge < -0.3 is 9.47 Å². The monoisotopic (exact) mass is 418 g/mol. The first-order valence-corrected chi connectivity index (χ1v) is 11.3. The second kappa shape index (κ2) is 8.65. The zero-order valence-electron chi connectivity index (χ0n) is 16.7. The maximum Gasteiger partial charge on any atom is 0.374 e. The average Bonchev–Trinajstić information content (AvgIpc) is 3.09. The van der Waals surface area contributed by atoms with Crippen molar-refractivity contribution in [3.8, 4) is 0 Å². The number of esters is 2. The van der Waals surface area contributed by atoms with Crippen LogP contribution in [0.25, 0.3) is 10.2 Å². The number of aryl methyl sites for hydroxylation is 2. The number of carbonyl (C=O) groups excluding carboxylic acids is 2. The summed E-state index contributed by atoms with van der Waals surface area (Å²) in [6, 6.07) is 0. The first kappa shape index (κ1) is 20.1. The number of hydrogen-bond donors (Lipinski definition) is 0. The van der Waals surface area contributed by atoms with Gasteiger partial charge in [-0.15, -0.1) is 11.3 Å². The molecule has 0 unspecified atom stereocenters. The maximum atomic E-state index is 13.3. The zero-order valence-corrected chi connectivity index (χ0v) is 17.5. The largest absolute Gasteiger partial charge is 0.461 e. The molecule has 0 radical (unpaired) electrons. The number of aromatic nitrogens is 2. The molecule has 2 aromatic rings. The molecule has 0 bridgehead atoms. The van der Waals surface area contributed by atoms with E-state index in [2.05, 4.69) is 4.98 Å². The van der Waals surface area contributed by atoms with Crippen molar-refractivity contribution in [3.63, 3.8) is 0 Å². The van der Waals surface area contributed by atoms with Gasteiger partial charge in [0, 0.05) is 4.88 Å². The van der Waals surface area contributed by atoms with Crippen LogP contribution in [0.5, 0.6) is 0 Å². The van der Waals surface area contributed by atoms with Gasteiger partial charge in [-0.1, -0.05) is 6.42 Å².